The van der Waals surface area contributed by atoms with Gasteiger partial charge in [-0.3, -0.25) is 9.36 Å². The molecule has 7 atom stereocenters. The van der Waals surface area contributed by atoms with Crippen LogP contribution < -0.4 is 4.89 Å². The van der Waals surface area contributed by atoms with Crippen LogP contribution in [0.15, 0.2) is 36.6 Å². The number of ether oxygens (including phenoxy) is 2. The van der Waals surface area contributed by atoms with Crippen molar-refractivity contribution in [2.75, 3.05) is 47.5 Å². The molecule has 0 aromatic heterocycles. The van der Waals surface area contributed by atoms with Crippen LogP contribution in [0.25, 0.3) is 0 Å². The van der Waals surface area contributed by atoms with E-state index in [9.17, 15) is 29.6 Å². The number of esters is 1. The van der Waals surface area contributed by atoms with Gasteiger partial charge in [0.2, 0.25) is 0 Å². The number of quaternary nitrogens is 1. The van der Waals surface area contributed by atoms with Crippen molar-refractivity contribution in [1.82, 2.24) is 0 Å². The second kappa shape index (κ2) is 32.3. The number of allylic oxidation sites excluding steroid dienone is 3. The zero-order chi connectivity index (χ0) is 41.5. The Balaban J connectivity index is 2.50. The fraction of sp³-hybridized carbons (Fsp3) is 0.841. The molecule has 328 valence electrons. The molecule has 0 bridgehead atoms. The number of hydrogen-bond donors (Lipinski definition) is 3. The molecule has 56 heavy (non-hydrogen) atoms. The van der Waals surface area contributed by atoms with Crippen LogP contribution in [0.1, 0.15) is 155 Å². The summed E-state index contributed by atoms with van der Waals surface area (Å²) < 4.78 is 34.2. The Labute approximate surface area is 341 Å². The summed E-state index contributed by atoms with van der Waals surface area (Å²) in [5, 5.41) is 31.4. The lowest BCUT2D eigenvalue weighted by atomic mass is 9.89. The van der Waals surface area contributed by atoms with Gasteiger partial charge >= 0.3 is 5.97 Å². The first-order valence-electron chi connectivity index (χ1n) is 22.0. The maximum atomic E-state index is 12.8. The summed E-state index contributed by atoms with van der Waals surface area (Å²) in [4.78, 5) is 25.2. The van der Waals surface area contributed by atoms with Gasteiger partial charge in [-0.2, -0.15) is 0 Å². The van der Waals surface area contributed by atoms with E-state index in [-0.39, 0.29) is 31.5 Å². The fourth-order valence-corrected chi connectivity index (χ4v) is 7.53. The van der Waals surface area contributed by atoms with E-state index in [4.69, 9.17) is 18.5 Å². The molecule has 1 aliphatic rings. The Bertz CT molecular complexity index is 1110. The summed E-state index contributed by atoms with van der Waals surface area (Å²) >= 11 is 0. The number of unbranched alkanes of at least 4 members (excludes halogenated alkanes) is 15. The van der Waals surface area contributed by atoms with E-state index >= 15 is 0 Å². The van der Waals surface area contributed by atoms with E-state index in [1.165, 1.54) is 70.6 Å². The van der Waals surface area contributed by atoms with Crippen LogP contribution in [0.5, 0.6) is 0 Å². The number of carbonyl (C=O) groups excluding carboxylic acids is 1. The van der Waals surface area contributed by atoms with Crippen LogP contribution in [-0.4, -0.2) is 97.7 Å². The largest absolute Gasteiger partial charge is 0.756 e. The first-order chi connectivity index (χ1) is 26.8. The van der Waals surface area contributed by atoms with E-state index in [0.29, 0.717) is 43.1 Å². The summed E-state index contributed by atoms with van der Waals surface area (Å²) in [6.07, 6.45) is 30.6. The Hall–Kier alpha value is -1.56. The Morgan fingerprint density at radius 1 is 0.804 bits per heavy atom. The van der Waals surface area contributed by atoms with Crippen LogP contribution in [0.3, 0.4) is 0 Å². The number of phosphoric acid groups is 1. The molecule has 0 radical (unpaired) electrons. The van der Waals surface area contributed by atoms with Gasteiger partial charge in [0.25, 0.3) is 7.82 Å². The molecule has 0 heterocycles. The maximum absolute atomic E-state index is 12.8. The first kappa shape index (κ1) is 52.5. The predicted octanol–water partition coefficient (Wildman–Crippen LogP) is 8.70. The highest BCUT2D eigenvalue weighted by Gasteiger charge is 2.39. The SMILES string of the molecule is CCCCCCCCCCCCCC/C=C/OC[C@H](COP(=O)([O-])OCC[N+](C)(C)C)OC(=O)CCC/C=C/C[C@@H]1[C@@H](/C=C/[C@@H](O)CCCCC)[C@H](O)C[C@@H]1O. The van der Waals surface area contributed by atoms with Crippen LogP contribution >= 0.6 is 7.82 Å². The van der Waals surface area contributed by atoms with Crippen molar-refractivity contribution < 1.29 is 52.6 Å². The van der Waals surface area contributed by atoms with Crippen LogP contribution in [0, 0.1) is 11.8 Å². The van der Waals surface area contributed by atoms with Crippen molar-refractivity contribution >= 4 is 13.8 Å². The second-order valence-electron chi connectivity index (χ2n) is 16.7. The molecule has 0 aliphatic heterocycles. The summed E-state index contributed by atoms with van der Waals surface area (Å²) in [6.45, 7) is 4.35. The standard InChI is InChI=1S/C44H82NO10P/c1-6-8-10-11-12-13-14-15-16-17-18-19-22-26-33-52-36-39(37-54-56(50,51)53-34-32-45(3,4)5)55-44(49)29-25-21-20-24-28-40-41(43(48)35-42(40)47)31-30-38(46)27-23-9-7-2/h20,24,26,30-31,33,38-43,46-48H,6-19,21-23,25,27-29,32,34-37H2,1-5H3/b24-20+,31-30+,33-26+/t38-,39+,40+,41+,42-,43+/m0/s1. The van der Waals surface area contributed by atoms with Crippen LogP contribution in [-0.2, 0) is 27.9 Å². The Kier molecular flexibility index (Phi) is 30.3. The summed E-state index contributed by atoms with van der Waals surface area (Å²) in [5.41, 5.74) is 0. The summed E-state index contributed by atoms with van der Waals surface area (Å²) in [6, 6.07) is 0. The van der Waals surface area contributed by atoms with Gasteiger partial charge in [0, 0.05) is 18.8 Å². The molecule has 1 saturated carbocycles. The van der Waals surface area contributed by atoms with Gasteiger partial charge in [-0.1, -0.05) is 128 Å². The maximum Gasteiger partial charge on any atom is 0.306 e. The third kappa shape index (κ3) is 28.8. The van der Waals surface area contributed by atoms with Gasteiger partial charge in [-0.05, 0) is 50.5 Å². The van der Waals surface area contributed by atoms with Crippen molar-refractivity contribution in [2.24, 2.45) is 11.8 Å². The van der Waals surface area contributed by atoms with E-state index in [1.807, 2.05) is 45.4 Å². The topological polar surface area (TPSA) is 155 Å². The molecule has 0 amide bonds. The van der Waals surface area contributed by atoms with Gasteiger partial charge in [-0.15, -0.1) is 0 Å². The molecule has 1 fully saturated rings. The fourth-order valence-electron chi connectivity index (χ4n) is 6.80. The molecule has 1 unspecified atom stereocenters. The molecule has 11 nitrogen and oxygen atoms in total. The Morgan fingerprint density at radius 2 is 1.41 bits per heavy atom. The zero-order valence-electron chi connectivity index (χ0n) is 35.9. The van der Waals surface area contributed by atoms with Gasteiger partial charge < -0.3 is 43.2 Å². The highest BCUT2D eigenvalue weighted by molar-refractivity contribution is 7.45. The number of hydrogen-bond acceptors (Lipinski definition) is 10. The normalized spacial score (nSPS) is 21.3. The molecule has 3 N–H and O–H groups in total. The van der Waals surface area contributed by atoms with Gasteiger partial charge in [-0.25, -0.2) is 0 Å². The average Bonchev–Trinajstić information content (AvgIpc) is 3.40. The monoisotopic (exact) mass is 816 g/mol. The van der Waals surface area contributed by atoms with Crippen molar-refractivity contribution in [2.45, 2.75) is 180 Å². The number of likely N-dealkylation sites (N-methyl/N-ethyl adjacent to an activating group) is 1. The minimum absolute atomic E-state index is 0.0273. The van der Waals surface area contributed by atoms with Gasteiger partial charge in [0.15, 0.2) is 6.10 Å². The first-order valence-corrected chi connectivity index (χ1v) is 23.5. The number of aliphatic hydroxyl groups excluding tert-OH is 3. The number of nitrogens with zero attached hydrogens (tertiary/aromatic N) is 1. The van der Waals surface area contributed by atoms with E-state index in [1.54, 1.807) is 12.3 Å². The molecular formula is C44H82NO10P. The number of aliphatic hydroxyl groups is 3. The van der Waals surface area contributed by atoms with Gasteiger partial charge in [0.05, 0.1) is 52.3 Å². The smallest absolute Gasteiger partial charge is 0.306 e. The lowest BCUT2D eigenvalue weighted by Gasteiger charge is -2.28. The molecule has 0 aromatic carbocycles. The molecule has 1 aliphatic carbocycles. The second-order valence-corrected chi connectivity index (χ2v) is 18.2. The predicted molar refractivity (Wildman–Crippen MR) is 224 cm³/mol. The third-order valence-electron chi connectivity index (χ3n) is 10.3. The highest BCUT2D eigenvalue weighted by atomic mass is 31.2. The summed E-state index contributed by atoms with van der Waals surface area (Å²) in [7, 11) is 1.18. The van der Waals surface area contributed by atoms with Crippen LogP contribution in [0.4, 0.5) is 0 Å². The van der Waals surface area contributed by atoms with Crippen molar-refractivity contribution in [1.29, 1.82) is 0 Å². The van der Waals surface area contributed by atoms with Crippen molar-refractivity contribution in [3.63, 3.8) is 0 Å². The molecular weight excluding hydrogens is 733 g/mol. The number of rotatable bonds is 36. The molecule has 0 aromatic rings. The number of phosphoric ester groups is 1. The minimum atomic E-state index is -4.61. The zero-order valence-corrected chi connectivity index (χ0v) is 36.8. The van der Waals surface area contributed by atoms with Crippen LogP contribution in [0.2, 0.25) is 0 Å². The molecule has 12 heteroatoms. The third-order valence-corrected chi connectivity index (χ3v) is 11.3. The molecule has 1 rings (SSSR count). The Morgan fingerprint density at radius 3 is 2.05 bits per heavy atom. The van der Waals surface area contributed by atoms with E-state index in [2.05, 4.69) is 13.8 Å². The lowest BCUT2D eigenvalue weighted by molar-refractivity contribution is -0.870. The molecule has 0 spiro atoms. The van der Waals surface area contributed by atoms with Gasteiger partial charge in [0.1, 0.15) is 19.8 Å². The highest BCUT2D eigenvalue weighted by Crippen LogP contribution is 2.38. The molecule has 0 saturated heterocycles. The lowest BCUT2D eigenvalue weighted by Crippen LogP contribution is -2.37. The minimum Gasteiger partial charge on any atom is -0.756 e. The van der Waals surface area contributed by atoms with E-state index < -0.39 is 44.8 Å². The quantitative estimate of drug-likeness (QED) is 0.0140. The summed E-state index contributed by atoms with van der Waals surface area (Å²) in [5.74, 6) is -0.874. The van der Waals surface area contributed by atoms with Crippen molar-refractivity contribution in [3.8, 4) is 0 Å². The van der Waals surface area contributed by atoms with E-state index in [0.717, 1.165) is 32.1 Å². The van der Waals surface area contributed by atoms with Crippen molar-refractivity contribution in [3.05, 3.63) is 36.6 Å². The number of carbonyl (C=O) groups is 1. The average molecular weight is 816 g/mol.